The van der Waals surface area contributed by atoms with Crippen LogP contribution in [-0.4, -0.2) is 43.5 Å². The average Bonchev–Trinajstić information content (AvgIpc) is 2.37. The summed E-state index contributed by atoms with van der Waals surface area (Å²) in [4.78, 5) is 14.6. The van der Waals surface area contributed by atoms with Crippen molar-refractivity contribution in [3.05, 3.63) is 0 Å². The van der Waals surface area contributed by atoms with Crippen molar-refractivity contribution in [2.24, 2.45) is 17.8 Å². The minimum Gasteiger partial charge on any atom is -0.379 e. The zero-order valence-electron chi connectivity index (χ0n) is 12.4. The van der Waals surface area contributed by atoms with E-state index in [2.05, 4.69) is 32.6 Å². The number of hydrogen-bond donors (Lipinski definition) is 0. The number of ketones is 1. The fraction of sp³-hybridized carbons (Fsp3) is 0.933. The van der Waals surface area contributed by atoms with Crippen LogP contribution in [0, 0.1) is 17.8 Å². The maximum Gasteiger partial charge on any atom is 0.136 e. The van der Waals surface area contributed by atoms with Gasteiger partial charge in [0.2, 0.25) is 0 Å². The molecule has 1 saturated heterocycles. The maximum absolute atomic E-state index is 12.2. The van der Waals surface area contributed by atoms with E-state index in [4.69, 9.17) is 4.74 Å². The predicted octanol–water partition coefficient (Wildman–Crippen LogP) is 2.60. The SMILES string of the molecule is CC[C@H](C)[C@H](C)C(=O)C[C@@H](C)CN1CCOCC1. The van der Waals surface area contributed by atoms with E-state index >= 15 is 0 Å². The highest BCUT2D eigenvalue weighted by Gasteiger charge is 2.22. The molecule has 1 rings (SSSR count). The number of nitrogens with zero attached hydrogens (tertiary/aromatic N) is 1. The topological polar surface area (TPSA) is 29.5 Å². The van der Waals surface area contributed by atoms with E-state index in [1.807, 2.05) is 0 Å². The lowest BCUT2D eigenvalue weighted by molar-refractivity contribution is -0.124. The van der Waals surface area contributed by atoms with Crippen LogP contribution in [-0.2, 0) is 9.53 Å². The zero-order chi connectivity index (χ0) is 13.5. The molecule has 0 aliphatic carbocycles. The van der Waals surface area contributed by atoms with Gasteiger partial charge in [0, 0.05) is 32.0 Å². The lowest BCUT2D eigenvalue weighted by Gasteiger charge is -2.29. The van der Waals surface area contributed by atoms with Crippen LogP contribution >= 0.6 is 0 Å². The normalized spacial score (nSPS) is 22.4. The summed E-state index contributed by atoms with van der Waals surface area (Å²) < 4.78 is 5.34. The van der Waals surface area contributed by atoms with E-state index in [1.165, 1.54) is 0 Å². The zero-order valence-corrected chi connectivity index (χ0v) is 12.4. The van der Waals surface area contributed by atoms with Crippen LogP contribution in [0.3, 0.4) is 0 Å². The first-order valence-electron chi connectivity index (χ1n) is 7.37. The molecule has 3 atom stereocenters. The van der Waals surface area contributed by atoms with Crippen LogP contribution < -0.4 is 0 Å². The molecule has 0 spiro atoms. The third-order valence-corrected chi connectivity index (χ3v) is 4.23. The highest BCUT2D eigenvalue weighted by atomic mass is 16.5. The van der Waals surface area contributed by atoms with Crippen molar-refractivity contribution >= 4 is 5.78 Å². The van der Waals surface area contributed by atoms with Crippen molar-refractivity contribution in [2.75, 3.05) is 32.8 Å². The number of ether oxygens (including phenoxy) is 1. The third kappa shape index (κ3) is 5.07. The Bertz CT molecular complexity index is 249. The Morgan fingerprint density at radius 3 is 2.39 bits per heavy atom. The Morgan fingerprint density at radius 1 is 1.22 bits per heavy atom. The quantitative estimate of drug-likeness (QED) is 0.700. The van der Waals surface area contributed by atoms with E-state index in [-0.39, 0.29) is 5.92 Å². The summed E-state index contributed by atoms with van der Waals surface area (Å²) >= 11 is 0. The molecular formula is C15H29NO2. The maximum atomic E-state index is 12.2. The first-order valence-corrected chi connectivity index (χ1v) is 7.37. The average molecular weight is 255 g/mol. The minimum absolute atomic E-state index is 0.210. The number of carbonyl (C=O) groups is 1. The van der Waals surface area contributed by atoms with E-state index in [9.17, 15) is 4.79 Å². The molecule has 1 aliphatic rings. The smallest absolute Gasteiger partial charge is 0.136 e. The van der Waals surface area contributed by atoms with E-state index < -0.39 is 0 Å². The molecule has 0 amide bonds. The highest BCUT2D eigenvalue weighted by molar-refractivity contribution is 5.81. The number of carbonyl (C=O) groups excluding carboxylic acids is 1. The van der Waals surface area contributed by atoms with Gasteiger partial charge in [-0.15, -0.1) is 0 Å². The van der Waals surface area contributed by atoms with Gasteiger partial charge in [-0.05, 0) is 11.8 Å². The largest absolute Gasteiger partial charge is 0.379 e. The molecule has 0 unspecified atom stereocenters. The first-order chi connectivity index (χ1) is 8.54. The summed E-state index contributed by atoms with van der Waals surface area (Å²) in [7, 11) is 0. The van der Waals surface area contributed by atoms with Crippen LogP contribution in [0.4, 0.5) is 0 Å². The summed E-state index contributed by atoms with van der Waals surface area (Å²) in [6, 6.07) is 0. The molecule has 0 radical (unpaired) electrons. The second kappa shape index (κ2) is 7.90. The van der Waals surface area contributed by atoms with Crippen molar-refractivity contribution in [2.45, 2.75) is 40.5 Å². The van der Waals surface area contributed by atoms with Crippen LogP contribution in [0.5, 0.6) is 0 Å². The van der Waals surface area contributed by atoms with E-state index in [1.54, 1.807) is 0 Å². The molecular weight excluding hydrogens is 226 g/mol. The summed E-state index contributed by atoms with van der Waals surface area (Å²) in [5, 5.41) is 0. The van der Waals surface area contributed by atoms with E-state index in [0.717, 1.165) is 45.7 Å². The summed E-state index contributed by atoms with van der Waals surface area (Å²) in [5.41, 5.74) is 0. The van der Waals surface area contributed by atoms with Crippen LogP contribution in [0.15, 0.2) is 0 Å². The monoisotopic (exact) mass is 255 g/mol. The van der Waals surface area contributed by atoms with Crippen molar-refractivity contribution in [1.29, 1.82) is 0 Å². The predicted molar refractivity (Wildman–Crippen MR) is 74.7 cm³/mol. The third-order valence-electron chi connectivity index (χ3n) is 4.23. The van der Waals surface area contributed by atoms with Gasteiger partial charge in [-0.1, -0.05) is 34.1 Å². The second-order valence-corrected chi connectivity index (χ2v) is 5.86. The number of hydrogen-bond acceptors (Lipinski definition) is 3. The molecule has 3 heteroatoms. The van der Waals surface area contributed by atoms with Crippen molar-refractivity contribution in [3.63, 3.8) is 0 Å². The molecule has 0 aromatic heterocycles. The van der Waals surface area contributed by atoms with Gasteiger partial charge < -0.3 is 4.74 Å². The van der Waals surface area contributed by atoms with Gasteiger partial charge in [-0.2, -0.15) is 0 Å². The summed E-state index contributed by atoms with van der Waals surface area (Å²) in [6.45, 7) is 13.3. The van der Waals surface area contributed by atoms with Crippen LogP contribution in [0.1, 0.15) is 40.5 Å². The highest BCUT2D eigenvalue weighted by Crippen LogP contribution is 2.19. The second-order valence-electron chi connectivity index (χ2n) is 5.86. The summed E-state index contributed by atoms with van der Waals surface area (Å²) in [6.07, 6.45) is 1.81. The first kappa shape index (κ1) is 15.6. The fourth-order valence-electron chi connectivity index (χ4n) is 2.49. The van der Waals surface area contributed by atoms with Crippen molar-refractivity contribution < 1.29 is 9.53 Å². The Hall–Kier alpha value is -0.410. The van der Waals surface area contributed by atoms with Crippen molar-refractivity contribution in [1.82, 2.24) is 4.90 Å². The molecule has 3 nitrogen and oxygen atoms in total. The van der Waals surface area contributed by atoms with Gasteiger partial charge in [-0.25, -0.2) is 0 Å². The molecule has 0 aromatic carbocycles. The number of Topliss-reactive ketones (excluding diaryl/α,β-unsaturated/α-hetero) is 1. The van der Waals surface area contributed by atoms with Crippen LogP contribution in [0.2, 0.25) is 0 Å². The lowest BCUT2D eigenvalue weighted by Crippen LogP contribution is -2.39. The lowest BCUT2D eigenvalue weighted by atomic mass is 9.86. The van der Waals surface area contributed by atoms with Gasteiger partial charge in [0.05, 0.1) is 13.2 Å². The molecule has 18 heavy (non-hydrogen) atoms. The van der Waals surface area contributed by atoms with Gasteiger partial charge in [0.1, 0.15) is 5.78 Å². The molecule has 1 aliphatic heterocycles. The molecule has 0 saturated carbocycles. The number of rotatable bonds is 7. The van der Waals surface area contributed by atoms with Gasteiger partial charge >= 0.3 is 0 Å². The van der Waals surface area contributed by atoms with E-state index in [0.29, 0.717) is 17.6 Å². The van der Waals surface area contributed by atoms with Crippen molar-refractivity contribution in [3.8, 4) is 0 Å². The fourth-order valence-corrected chi connectivity index (χ4v) is 2.49. The Balaban J connectivity index is 2.29. The number of morpholine rings is 1. The van der Waals surface area contributed by atoms with Gasteiger partial charge in [0.25, 0.3) is 0 Å². The van der Waals surface area contributed by atoms with Gasteiger partial charge in [0.15, 0.2) is 0 Å². The Morgan fingerprint density at radius 2 is 1.83 bits per heavy atom. The molecule has 0 N–H and O–H groups in total. The molecule has 1 fully saturated rings. The minimum atomic E-state index is 0.210. The van der Waals surface area contributed by atoms with Gasteiger partial charge in [-0.3, -0.25) is 9.69 Å². The standard InChI is InChI=1S/C15H29NO2/c1-5-13(3)14(4)15(17)10-12(2)11-16-6-8-18-9-7-16/h12-14H,5-11H2,1-4H3/t12-,13+,14+/m1/s1. The molecule has 1 heterocycles. The Kier molecular flexibility index (Phi) is 6.87. The Labute approximate surface area is 112 Å². The van der Waals surface area contributed by atoms with Crippen LogP contribution in [0.25, 0.3) is 0 Å². The molecule has 0 bridgehead atoms. The summed E-state index contributed by atoms with van der Waals surface area (Å²) in [5.74, 6) is 1.61. The molecule has 106 valence electrons. The molecule has 0 aromatic rings.